The second-order valence-electron chi connectivity index (χ2n) is 8.95. The van der Waals surface area contributed by atoms with Crippen molar-refractivity contribution >= 4 is 21.6 Å². The molecule has 2 fully saturated rings. The maximum atomic E-state index is 12.9. The Balaban J connectivity index is 1.24. The molecule has 2 aromatic carbocycles. The van der Waals surface area contributed by atoms with Crippen LogP contribution in [0.4, 0.5) is 5.82 Å². The van der Waals surface area contributed by atoms with E-state index in [1.165, 1.54) is 0 Å². The quantitative estimate of drug-likeness (QED) is 0.584. The van der Waals surface area contributed by atoms with E-state index < -0.39 is 9.84 Å². The summed E-state index contributed by atoms with van der Waals surface area (Å²) in [5.74, 6) is 1.10. The number of carbonyl (C=O) groups excluding carboxylic acids is 1. The molecule has 2 saturated heterocycles. The van der Waals surface area contributed by atoms with Crippen molar-refractivity contribution in [3.8, 4) is 16.9 Å². The van der Waals surface area contributed by atoms with Crippen LogP contribution in [0, 0.1) is 0 Å². The predicted molar refractivity (Wildman–Crippen MR) is 133 cm³/mol. The number of aromatic nitrogens is 2. The number of amides is 1. The van der Waals surface area contributed by atoms with Gasteiger partial charge in [0.2, 0.25) is 5.91 Å². The summed E-state index contributed by atoms with van der Waals surface area (Å²) in [5.41, 5.74) is 2.65. The summed E-state index contributed by atoms with van der Waals surface area (Å²) in [6.07, 6.45) is 0.718. The highest BCUT2D eigenvalue weighted by molar-refractivity contribution is 7.91. The van der Waals surface area contributed by atoms with Gasteiger partial charge in [-0.2, -0.15) is 5.10 Å². The third-order valence-electron chi connectivity index (χ3n) is 6.55. The average molecular weight is 480 g/mol. The second kappa shape index (κ2) is 9.69. The number of piperazine rings is 1. The lowest BCUT2D eigenvalue weighted by atomic mass is 10.1. The van der Waals surface area contributed by atoms with Crippen molar-refractivity contribution in [2.24, 2.45) is 0 Å². The van der Waals surface area contributed by atoms with Crippen molar-refractivity contribution in [3.05, 3.63) is 66.7 Å². The zero-order valence-corrected chi connectivity index (χ0v) is 19.8. The van der Waals surface area contributed by atoms with E-state index in [-0.39, 0.29) is 24.2 Å². The van der Waals surface area contributed by atoms with Gasteiger partial charge in [0, 0.05) is 43.9 Å². The summed E-state index contributed by atoms with van der Waals surface area (Å²) in [6, 6.07) is 21.7. The van der Waals surface area contributed by atoms with Crippen LogP contribution in [-0.2, 0) is 14.6 Å². The highest BCUT2D eigenvalue weighted by atomic mass is 32.2. The lowest BCUT2D eigenvalue weighted by molar-refractivity contribution is -0.117. The monoisotopic (exact) mass is 479 g/mol. The zero-order chi connectivity index (χ0) is 23.5. The Kier molecular flexibility index (Phi) is 6.49. The molecule has 34 heavy (non-hydrogen) atoms. The van der Waals surface area contributed by atoms with Crippen molar-refractivity contribution in [1.82, 2.24) is 19.6 Å². The number of anilines is 1. The molecular weight excluding hydrogens is 450 g/mol. The van der Waals surface area contributed by atoms with Crippen LogP contribution in [0.5, 0.6) is 0 Å². The Morgan fingerprint density at radius 2 is 1.65 bits per heavy atom. The number of hydrogen-bond donors (Lipinski definition) is 1. The molecule has 3 aromatic rings. The molecule has 1 amide bonds. The zero-order valence-electron chi connectivity index (χ0n) is 19.0. The Hall–Kier alpha value is -3.01. The summed E-state index contributed by atoms with van der Waals surface area (Å²) >= 11 is 0. The van der Waals surface area contributed by atoms with Crippen molar-refractivity contribution in [3.63, 3.8) is 0 Å². The van der Waals surface area contributed by atoms with Crippen molar-refractivity contribution in [2.45, 2.75) is 12.5 Å². The van der Waals surface area contributed by atoms with Crippen LogP contribution in [0.1, 0.15) is 6.42 Å². The summed E-state index contributed by atoms with van der Waals surface area (Å²) in [4.78, 5) is 17.3. The van der Waals surface area contributed by atoms with E-state index in [1.807, 2.05) is 66.7 Å². The molecule has 2 aliphatic heterocycles. The van der Waals surface area contributed by atoms with Gasteiger partial charge in [-0.1, -0.05) is 48.5 Å². The summed E-state index contributed by atoms with van der Waals surface area (Å²) < 4.78 is 25.3. The number of para-hydroxylation sites is 1. The van der Waals surface area contributed by atoms with E-state index in [1.54, 1.807) is 4.68 Å². The maximum absolute atomic E-state index is 12.9. The molecule has 8 nitrogen and oxygen atoms in total. The minimum Gasteiger partial charge on any atom is -0.309 e. The van der Waals surface area contributed by atoms with E-state index in [0.29, 0.717) is 11.6 Å². The first-order chi connectivity index (χ1) is 16.5. The number of rotatable bonds is 6. The minimum atomic E-state index is -2.88. The Labute approximate surface area is 200 Å². The smallest absolute Gasteiger partial charge is 0.239 e. The third-order valence-corrected chi connectivity index (χ3v) is 8.30. The number of carbonyl (C=O) groups is 1. The van der Waals surface area contributed by atoms with Gasteiger partial charge < -0.3 is 5.32 Å². The van der Waals surface area contributed by atoms with E-state index in [4.69, 9.17) is 5.10 Å². The normalized spacial score (nSPS) is 20.9. The van der Waals surface area contributed by atoms with Gasteiger partial charge in [-0.3, -0.25) is 14.6 Å². The Morgan fingerprint density at radius 1 is 0.971 bits per heavy atom. The fraction of sp³-hybridized carbons (Fsp3) is 0.360. The average Bonchev–Trinajstić information content (AvgIpc) is 3.43. The Morgan fingerprint density at radius 3 is 2.29 bits per heavy atom. The van der Waals surface area contributed by atoms with Crippen LogP contribution in [-0.4, -0.2) is 84.2 Å². The van der Waals surface area contributed by atoms with E-state index >= 15 is 0 Å². The highest BCUT2D eigenvalue weighted by Crippen LogP contribution is 2.25. The van der Waals surface area contributed by atoms with Crippen molar-refractivity contribution < 1.29 is 13.2 Å². The van der Waals surface area contributed by atoms with Crippen molar-refractivity contribution in [2.75, 3.05) is 49.5 Å². The van der Waals surface area contributed by atoms with Gasteiger partial charge in [0.25, 0.3) is 0 Å². The molecule has 0 spiro atoms. The first-order valence-corrected chi connectivity index (χ1v) is 13.5. The molecule has 5 rings (SSSR count). The molecule has 0 radical (unpaired) electrons. The van der Waals surface area contributed by atoms with Gasteiger partial charge in [-0.05, 0) is 18.6 Å². The molecule has 178 valence electrons. The van der Waals surface area contributed by atoms with E-state index in [0.717, 1.165) is 49.5 Å². The van der Waals surface area contributed by atoms with Crippen molar-refractivity contribution in [1.29, 1.82) is 0 Å². The summed E-state index contributed by atoms with van der Waals surface area (Å²) in [6.45, 7) is 3.35. The fourth-order valence-corrected chi connectivity index (χ4v) is 6.48. The van der Waals surface area contributed by atoms with Crippen LogP contribution < -0.4 is 5.32 Å². The fourth-order valence-electron chi connectivity index (χ4n) is 4.72. The van der Waals surface area contributed by atoms with Crippen LogP contribution in [0.25, 0.3) is 16.9 Å². The topological polar surface area (TPSA) is 87.5 Å². The SMILES string of the molecule is O=C(CN1CCN([C@@H]2CCS(=O)(=O)C2)CC1)Nc1cc(-c2ccccc2)nn1-c1ccccc1. The molecule has 3 heterocycles. The molecule has 9 heteroatoms. The number of nitrogens with one attached hydrogen (secondary N) is 1. The summed E-state index contributed by atoms with van der Waals surface area (Å²) in [5, 5.41) is 7.80. The second-order valence-corrected chi connectivity index (χ2v) is 11.2. The molecule has 2 aliphatic rings. The molecular formula is C25H29N5O3S. The Bertz CT molecular complexity index is 1240. The molecule has 0 bridgehead atoms. The van der Waals surface area contributed by atoms with Gasteiger partial charge in [0.1, 0.15) is 5.82 Å². The lowest BCUT2D eigenvalue weighted by Crippen LogP contribution is -2.52. The lowest BCUT2D eigenvalue weighted by Gasteiger charge is -2.37. The van der Waals surface area contributed by atoms with Crippen LogP contribution >= 0.6 is 0 Å². The summed E-state index contributed by atoms with van der Waals surface area (Å²) in [7, 11) is -2.88. The largest absolute Gasteiger partial charge is 0.309 e. The van der Waals surface area contributed by atoms with Gasteiger partial charge >= 0.3 is 0 Å². The van der Waals surface area contributed by atoms with Crippen LogP contribution in [0.3, 0.4) is 0 Å². The standard InChI is InChI=1S/C25H29N5O3S/c31-25(18-28-12-14-29(15-13-28)22-11-16-34(32,33)19-22)26-24-17-23(20-7-3-1-4-8-20)27-30(24)21-9-5-2-6-10-21/h1-10,17,22H,11-16,18-19H2,(H,26,31)/t22-/m1/s1. The van der Waals surface area contributed by atoms with E-state index in [2.05, 4.69) is 15.1 Å². The minimum absolute atomic E-state index is 0.0893. The van der Waals surface area contributed by atoms with Gasteiger partial charge in [-0.25, -0.2) is 13.1 Å². The molecule has 0 saturated carbocycles. The predicted octanol–water partition coefficient (Wildman–Crippen LogP) is 2.28. The maximum Gasteiger partial charge on any atom is 0.239 e. The highest BCUT2D eigenvalue weighted by Gasteiger charge is 2.33. The molecule has 1 atom stereocenters. The molecule has 0 unspecified atom stereocenters. The van der Waals surface area contributed by atoms with Gasteiger partial charge in [0.05, 0.1) is 29.4 Å². The number of hydrogen-bond acceptors (Lipinski definition) is 6. The first-order valence-electron chi connectivity index (χ1n) is 11.6. The van der Waals surface area contributed by atoms with Gasteiger partial charge in [0.15, 0.2) is 9.84 Å². The van der Waals surface area contributed by atoms with Crippen LogP contribution in [0.2, 0.25) is 0 Å². The third kappa shape index (κ3) is 5.22. The van der Waals surface area contributed by atoms with E-state index in [9.17, 15) is 13.2 Å². The first kappa shape index (κ1) is 22.8. The molecule has 1 N–H and O–H groups in total. The number of sulfone groups is 1. The molecule has 1 aromatic heterocycles. The molecule has 0 aliphatic carbocycles. The number of benzene rings is 2. The number of nitrogens with zero attached hydrogens (tertiary/aromatic N) is 4. The van der Waals surface area contributed by atoms with Gasteiger partial charge in [-0.15, -0.1) is 0 Å². The van der Waals surface area contributed by atoms with Crippen LogP contribution in [0.15, 0.2) is 66.7 Å².